The quantitative estimate of drug-likeness (QED) is 0.698. The van der Waals surface area contributed by atoms with Crippen LogP contribution in [0.4, 0.5) is 0 Å². The molecule has 6 heteroatoms. The van der Waals surface area contributed by atoms with Crippen LogP contribution < -0.4 is 0 Å². The number of fused-ring (bicyclic) bond motifs is 1. The molecule has 2 bridgehead atoms. The summed E-state index contributed by atoms with van der Waals surface area (Å²) >= 11 is -2.97. The van der Waals surface area contributed by atoms with E-state index in [9.17, 15) is 8.42 Å². The molecule has 4 unspecified atom stereocenters. The zero-order chi connectivity index (χ0) is 17.4. The van der Waals surface area contributed by atoms with Crippen LogP contribution >= 0.6 is 0 Å². The first-order valence-corrected chi connectivity index (χ1v) is 14.3. The predicted octanol–water partition coefficient (Wildman–Crippen LogP) is 4.00. The summed E-state index contributed by atoms with van der Waals surface area (Å²) in [6.45, 7) is 6.62. The molecular formula is C18H26O4SSe. The second-order valence-corrected chi connectivity index (χ2v) is 15.6. The van der Waals surface area contributed by atoms with Crippen LogP contribution in [0.1, 0.15) is 38.7 Å². The van der Waals surface area contributed by atoms with E-state index in [0.717, 1.165) is 23.7 Å². The van der Waals surface area contributed by atoms with Crippen LogP contribution in [0.3, 0.4) is 0 Å². The second kappa shape index (κ2) is 5.08. The molecule has 24 heavy (non-hydrogen) atoms. The van der Waals surface area contributed by atoms with Crippen LogP contribution in [0.25, 0.3) is 0 Å². The van der Waals surface area contributed by atoms with E-state index >= 15 is 0 Å². The van der Waals surface area contributed by atoms with Gasteiger partial charge in [0.1, 0.15) is 0 Å². The number of hydrogen-bond donors (Lipinski definition) is 0. The third-order valence-electron chi connectivity index (χ3n) is 6.74. The fourth-order valence-electron chi connectivity index (χ4n) is 5.20. The molecule has 3 aliphatic rings. The van der Waals surface area contributed by atoms with E-state index in [-0.39, 0.29) is 21.8 Å². The van der Waals surface area contributed by atoms with Crippen molar-refractivity contribution < 1.29 is 15.5 Å². The van der Waals surface area contributed by atoms with Gasteiger partial charge in [-0.3, -0.25) is 0 Å². The first-order chi connectivity index (χ1) is 11.1. The van der Waals surface area contributed by atoms with Crippen molar-refractivity contribution in [3.63, 3.8) is 0 Å². The van der Waals surface area contributed by atoms with E-state index < -0.39 is 23.6 Å². The monoisotopic (exact) mass is 418 g/mol. The fourth-order valence-corrected chi connectivity index (χ4v) is 14.8. The van der Waals surface area contributed by atoms with Gasteiger partial charge in [0, 0.05) is 0 Å². The summed E-state index contributed by atoms with van der Waals surface area (Å²) < 4.78 is 37.6. The Morgan fingerprint density at radius 1 is 1.25 bits per heavy atom. The van der Waals surface area contributed by atoms with Gasteiger partial charge < -0.3 is 0 Å². The van der Waals surface area contributed by atoms with E-state index in [1.54, 1.807) is 24.3 Å². The SMILES string of the molecule is Cc1ccc(S(=O)(=O)O[Se]2(C)CC34CCC(CC3O2)C4(C)C)cc1. The molecule has 0 amide bonds. The molecule has 1 saturated heterocycles. The summed E-state index contributed by atoms with van der Waals surface area (Å²) in [6.07, 6.45) is 3.64. The first-order valence-electron chi connectivity index (χ1n) is 8.55. The van der Waals surface area contributed by atoms with Gasteiger partial charge in [-0.15, -0.1) is 0 Å². The second-order valence-electron chi connectivity index (χ2n) is 8.34. The van der Waals surface area contributed by atoms with Gasteiger partial charge in [0.05, 0.1) is 0 Å². The minimum atomic E-state index is -3.76. The molecule has 0 radical (unpaired) electrons. The summed E-state index contributed by atoms with van der Waals surface area (Å²) in [5.74, 6) is 2.65. The number of aryl methyl sites for hydroxylation is 1. The van der Waals surface area contributed by atoms with Gasteiger partial charge >= 0.3 is 148 Å². The van der Waals surface area contributed by atoms with Crippen molar-refractivity contribution in [2.75, 3.05) is 0 Å². The Balaban J connectivity index is 1.61. The van der Waals surface area contributed by atoms with Gasteiger partial charge in [-0.25, -0.2) is 0 Å². The zero-order valence-corrected chi connectivity index (χ0v) is 17.3. The Kier molecular flexibility index (Phi) is 3.60. The van der Waals surface area contributed by atoms with Gasteiger partial charge in [-0.05, 0) is 0 Å². The standard InChI is InChI=1S/C18H26O4SSe/c1-13-5-7-15(8-6-13)23(19,20)22-24(4)12-18-10-9-14(17(18,2)3)11-16(18)21-24/h5-8,14,16H,9-12H2,1-4H3. The molecule has 4 atom stereocenters. The normalized spacial score (nSPS) is 42.7. The first kappa shape index (κ1) is 17.0. The third kappa shape index (κ3) is 2.27. The molecule has 134 valence electrons. The van der Waals surface area contributed by atoms with Gasteiger partial charge in [0.15, 0.2) is 0 Å². The molecule has 2 saturated carbocycles. The maximum atomic E-state index is 12.7. The molecule has 1 aromatic carbocycles. The summed E-state index contributed by atoms with van der Waals surface area (Å²) in [5, 5.41) is 0.808. The summed E-state index contributed by atoms with van der Waals surface area (Å²) in [4.78, 5) is 0.230. The van der Waals surface area contributed by atoms with Gasteiger partial charge in [-0.1, -0.05) is 0 Å². The summed E-state index contributed by atoms with van der Waals surface area (Å²) in [7, 11) is -3.76. The fraction of sp³-hybridized carbons (Fsp3) is 0.667. The van der Waals surface area contributed by atoms with Gasteiger partial charge in [0.25, 0.3) is 0 Å². The van der Waals surface area contributed by atoms with Crippen molar-refractivity contribution in [3.8, 4) is 0 Å². The molecule has 1 heterocycles. The van der Waals surface area contributed by atoms with Crippen molar-refractivity contribution in [3.05, 3.63) is 29.8 Å². The van der Waals surface area contributed by atoms with Crippen LogP contribution in [0.15, 0.2) is 29.2 Å². The molecule has 0 aromatic heterocycles. The van der Waals surface area contributed by atoms with Crippen molar-refractivity contribution >= 4 is 23.6 Å². The van der Waals surface area contributed by atoms with Crippen molar-refractivity contribution in [2.45, 2.75) is 62.2 Å². The molecular weight excluding hydrogens is 391 g/mol. The average molecular weight is 417 g/mol. The molecule has 1 aliphatic heterocycles. The van der Waals surface area contributed by atoms with Crippen molar-refractivity contribution in [1.29, 1.82) is 0 Å². The Morgan fingerprint density at radius 3 is 2.50 bits per heavy atom. The Morgan fingerprint density at radius 2 is 1.92 bits per heavy atom. The van der Waals surface area contributed by atoms with E-state index in [1.807, 2.05) is 12.7 Å². The maximum absolute atomic E-state index is 12.7. The zero-order valence-electron chi connectivity index (χ0n) is 14.7. The van der Waals surface area contributed by atoms with Crippen molar-refractivity contribution in [2.24, 2.45) is 16.7 Å². The molecule has 4 rings (SSSR count). The molecule has 1 aromatic rings. The third-order valence-corrected chi connectivity index (χ3v) is 14.5. The van der Waals surface area contributed by atoms with Crippen LogP contribution in [0.2, 0.25) is 11.1 Å². The minimum absolute atomic E-state index is 0.120. The summed E-state index contributed by atoms with van der Waals surface area (Å²) in [6, 6.07) is 6.84. The van der Waals surface area contributed by atoms with Crippen LogP contribution in [-0.4, -0.2) is 28.0 Å². The van der Waals surface area contributed by atoms with Crippen LogP contribution in [0, 0.1) is 23.7 Å². The molecule has 3 fully saturated rings. The topological polar surface area (TPSA) is 52.6 Å². The van der Waals surface area contributed by atoms with Crippen molar-refractivity contribution in [1.82, 2.24) is 0 Å². The molecule has 2 aliphatic carbocycles. The molecule has 4 nitrogen and oxygen atoms in total. The van der Waals surface area contributed by atoms with E-state index in [4.69, 9.17) is 7.08 Å². The van der Waals surface area contributed by atoms with Gasteiger partial charge in [0.2, 0.25) is 0 Å². The van der Waals surface area contributed by atoms with Crippen LogP contribution in [-0.2, 0) is 17.2 Å². The van der Waals surface area contributed by atoms with E-state index in [0.29, 0.717) is 5.92 Å². The van der Waals surface area contributed by atoms with Gasteiger partial charge in [-0.2, -0.15) is 0 Å². The number of benzene rings is 1. The van der Waals surface area contributed by atoms with Crippen LogP contribution in [0.5, 0.6) is 0 Å². The average Bonchev–Trinajstić information content (AvgIpc) is 2.97. The number of hydrogen-bond acceptors (Lipinski definition) is 4. The van der Waals surface area contributed by atoms with E-state index in [2.05, 4.69) is 13.8 Å². The Labute approximate surface area is 147 Å². The number of rotatable bonds is 3. The molecule has 0 N–H and O–H groups in total. The Hall–Kier alpha value is -0.391. The Bertz CT molecular complexity index is 773. The van der Waals surface area contributed by atoms with E-state index in [1.165, 1.54) is 6.42 Å². The summed E-state index contributed by atoms with van der Waals surface area (Å²) in [5.41, 5.74) is 1.38. The predicted molar refractivity (Wildman–Crippen MR) is 94.3 cm³/mol. The molecule has 1 spiro atoms.